The van der Waals surface area contributed by atoms with E-state index in [1.807, 2.05) is 0 Å². The number of piperidine rings is 1. The molecule has 1 saturated carbocycles. The molecule has 0 aromatic heterocycles. The second kappa shape index (κ2) is 2.25. The molecule has 1 aliphatic carbocycles. The first kappa shape index (κ1) is 8.55. The third kappa shape index (κ3) is 1.10. The standard InChI is InChI=1S/C11H21N/c1-10(2,3)12-8-9-5-6-11(12,4)7-9/h9H,5-8H2,1-4H3. The molecule has 0 aromatic rings. The molecular weight excluding hydrogens is 146 g/mol. The van der Waals surface area contributed by atoms with Gasteiger partial charge in [0.1, 0.15) is 0 Å². The molecule has 0 spiro atoms. The van der Waals surface area contributed by atoms with E-state index in [1.54, 1.807) is 0 Å². The third-order valence-electron chi connectivity index (χ3n) is 3.72. The predicted octanol–water partition coefficient (Wildman–Crippen LogP) is 2.66. The van der Waals surface area contributed by atoms with E-state index in [-0.39, 0.29) is 0 Å². The van der Waals surface area contributed by atoms with Gasteiger partial charge in [-0.15, -0.1) is 0 Å². The summed E-state index contributed by atoms with van der Waals surface area (Å²) in [6, 6.07) is 0. The van der Waals surface area contributed by atoms with Gasteiger partial charge in [0.05, 0.1) is 0 Å². The Bertz CT molecular complexity index is 192. The summed E-state index contributed by atoms with van der Waals surface area (Å²) in [5, 5.41) is 0. The molecule has 2 fully saturated rings. The Balaban J connectivity index is 2.20. The van der Waals surface area contributed by atoms with Gasteiger partial charge in [-0.2, -0.15) is 0 Å². The van der Waals surface area contributed by atoms with Crippen LogP contribution >= 0.6 is 0 Å². The van der Waals surface area contributed by atoms with Crippen molar-refractivity contribution in [1.29, 1.82) is 0 Å². The van der Waals surface area contributed by atoms with Gasteiger partial charge in [-0.3, -0.25) is 4.90 Å². The normalized spacial score (nSPS) is 42.5. The Hall–Kier alpha value is -0.0400. The van der Waals surface area contributed by atoms with E-state index in [0.717, 1.165) is 5.92 Å². The lowest BCUT2D eigenvalue weighted by Gasteiger charge is -2.45. The van der Waals surface area contributed by atoms with Crippen molar-refractivity contribution in [3.8, 4) is 0 Å². The van der Waals surface area contributed by atoms with Crippen LogP contribution in [0.25, 0.3) is 0 Å². The SMILES string of the molecule is CC(C)(C)N1CC2CCC1(C)C2. The molecule has 2 bridgehead atoms. The topological polar surface area (TPSA) is 3.24 Å². The van der Waals surface area contributed by atoms with E-state index >= 15 is 0 Å². The minimum absolute atomic E-state index is 0.379. The van der Waals surface area contributed by atoms with Gasteiger partial charge in [-0.1, -0.05) is 0 Å². The second-order valence-electron chi connectivity index (χ2n) is 5.89. The Kier molecular flexibility index (Phi) is 1.61. The van der Waals surface area contributed by atoms with Crippen LogP contribution in [0.15, 0.2) is 0 Å². The molecule has 1 saturated heterocycles. The second-order valence-corrected chi connectivity index (χ2v) is 5.89. The fourth-order valence-electron chi connectivity index (χ4n) is 3.30. The monoisotopic (exact) mass is 167 g/mol. The molecule has 2 unspecified atom stereocenters. The summed E-state index contributed by atoms with van der Waals surface area (Å²) in [5.74, 6) is 1.01. The number of fused-ring (bicyclic) bond motifs is 2. The van der Waals surface area contributed by atoms with Crippen LogP contribution in [0.5, 0.6) is 0 Å². The molecule has 1 heterocycles. The highest BCUT2D eigenvalue weighted by atomic mass is 15.3. The Labute approximate surface area is 76.1 Å². The molecule has 70 valence electrons. The Morgan fingerprint density at radius 1 is 1.33 bits per heavy atom. The van der Waals surface area contributed by atoms with Crippen LogP contribution < -0.4 is 0 Å². The molecule has 1 aliphatic heterocycles. The minimum Gasteiger partial charge on any atom is -0.293 e. The predicted molar refractivity (Wildman–Crippen MR) is 52.2 cm³/mol. The van der Waals surface area contributed by atoms with Crippen molar-refractivity contribution < 1.29 is 0 Å². The lowest BCUT2D eigenvalue weighted by atomic mass is 9.93. The van der Waals surface area contributed by atoms with Crippen molar-refractivity contribution in [2.75, 3.05) is 6.54 Å². The van der Waals surface area contributed by atoms with Crippen LogP contribution in [0.2, 0.25) is 0 Å². The van der Waals surface area contributed by atoms with Crippen LogP contribution in [0, 0.1) is 5.92 Å². The first-order chi connectivity index (χ1) is 5.42. The van der Waals surface area contributed by atoms with Crippen molar-refractivity contribution in [3.63, 3.8) is 0 Å². The molecule has 2 rings (SSSR count). The van der Waals surface area contributed by atoms with E-state index < -0.39 is 0 Å². The zero-order chi connectivity index (χ0) is 8.98. The maximum Gasteiger partial charge on any atom is 0.0189 e. The summed E-state index contributed by atoms with van der Waals surface area (Å²) >= 11 is 0. The lowest BCUT2D eigenvalue weighted by Crippen LogP contribution is -2.52. The minimum atomic E-state index is 0.379. The van der Waals surface area contributed by atoms with Gasteiger partial charge in [-0.05, 0) is 52.9 Å². The summed E-state index contributed by atoms with van der Waals surface area (Å²) < 4.78 is 0. The van der Waals surface area contributed by atoms with Crippen LogP contribution in [-0.4, -0.2) is 22.5 Å². The van der Waals surface area contributed by atoms with Crippen LogP contribution in [0.1, 0.15) is 47.0 Å². The van der Waals surface area contributed by atoms with Gasteiger partial charge in [-0.25, -0.2) is 0 Å². The quantitative estimate of drug-likeness (QED) is 0.536. The zero-order valence-corrected chi connectivity index (χ0v) is 8.85. The van der Waals surface area contributed by atoms with E-state index in [2.05, 4.69) is 32.6 Å². The number of hydrogen-bond donors (Lipinski definition) is 0. The van der Waals surface area contributed by atoms with E-state index in [9.17, 15) is 0 Å². The molecule has 0 amide bonds. The summed E-state index contributed by atoms with van der Waals surface area (Å²) in [6.45, 7) is 10.8. The van der Waals surface area contributed by atoms with Gasteiger partial charge >= 0.3 is 0 Å². The van der Waals surface area contributed by atoms with Crippen molar-refractivity contribution >= 4 is 0 Å². The summed E-state index contributed by atoms with van der Waals surface area (Å²) in [6.07, 6.45) is 4.35. The van der Waals surface area contributed by atoms with Gasteiger partial charge in [0.2, 0.25) is 0 Å². The van der Waals surface area contributed by atoms with Crippen LogP contribution in [-0.2, 0) is 0 Å². The molecule has 1 nitrogen and oxygen atoms in total. The fourth-order valence-corrected chi connectivity index (χ4v) is 3.30. The fraction of sp³-hybridized carbons (Fsp3) is 1.00. The highest BCUT2D eigenvalue weighted by Gasteiger charge is 2.50. The maximum atomic E-state index is 2.72. The summed E-state index contributed by atoms with van der Waals surface area (Å²) in [7, 11) is 0. The van der Waals surface area contributed by atoms with Crippen molar-refractivity contribution in [2.24, 2.45) is 5.92 Å². The average Bonchev–Trinajstić information content (AvgIpc) is 2.39. The van der Waals surface area contributed by atoms with Crippen molar-refractivity contribution in [1.82, 2.24) is 4.90 Å². The molecule has 0 N–H and O–H groups in total. The average molecular weight is 167 g/mol. The maximum absolute atomic E-state index is 2.72. The third-order valence-corrected chi connectivity index (χ3v) is 3.72. The molecular formula is C11H21N. The summed E-state index contributed by atoms with van der Waals surface area (Å²) in [4.78, 5) is 2.72. The molecule has 0 aromatic carbocycles. The van der Waals surface area contributed by atoms with Gasteiger partial charge in [0.25, 0.3) is 0 Å². The van der Waals surface area contributed by atoms with Gasteiger partial charge in [0.15, 0.2) is 0 Å². The molecule has 12 heavy (non-hydrogen) atoms. The smallest absolute Gasteiger partial charge is 0.0189 e. The molecule has 1 heteroatoms. The Morgan fingerprint density at radius 3 is 2.25 bits per heavy atom. The van der Waals surface area contributed by atoms with Crippen molar-refractivity contribution in [3.05, 3.63) is 0 Å². The van der Waals surface area contributed by atoms with Crippen LogP contribution in [0.3, 0.4) is 0 Å². The molecule has 0 radical (unpaired) electrons. The molecule has 2 atom stereocenters. The highest BCUT2D eigenvalue weighted by molar-refractivity contribution is 5.05. The number of rotatable bonds is 0. The first-order valence-electron chi connectivity index (χ1n) is 5.20. The van der Waals surface area contributed by atoms with E-state index in [1.165, 1.54) is 25.8 Å². The Morgan fingerprint density at radius 2 is 2.00 bits per heavy atom. The van der Waals surface area contributed by atoms with Crippen molar-refractivity contribution in [2.45, 2.75) is 58.0 Å². The lowest BCUT2D eigenvalue weighted by molar-refractivity contribution is 0.0379. The number of nitrogens with zero attached hydrogens (tertiary/aromatic N) is 1. The van der Waals surface area contributed by atoms with Gasteiger partial charge in [0, 0.05) is 17.6 Å². The first-order valence-corrected chi connectivity index (χ1v) is 5.20. The van der Waals surface area contributed by atoms with E-state index in [4.69, 9.17) is 0 Å². The zero-order valence-electron chi connectivity index (χ0n) is 8.85. The summed E-state index contributed by atoms with van der Waals surface area (Å²) in [5.41, 5.74) is 0.923. The van der Waals surface area contributed by atoms with E-state index in [0.29, 0.717) is 11.1 Å². The number of likely N-dealkylation sites (tertiary alicyclic amines) is 1. The van der Waals surface area contributed by atoms with Gasteiger partial charge < -0.3 is 0 Å². The van der Waals surface area contributed by atoms with Crippen LogP contribution in [0.4, 0.5) is 0 Å². The highest BCUT2D eigenvalue weighted by Crippen LogP contribution is 2.48. The molecule has 2 aliphatic rings. The largest absolute Gasteiger partial charge is 0.293 e. The number of hydrogen-bond acceptors (Lipinski definition) is 1.